The van der Waals surface area contributed by atoms with Crippen LogP contribution in [0.4, 0.5) is 11.8 Å². The Kier molecular flexibility index (Phi) is 7.01. The third-order valence-electron chi connectivity index (χ3n) is 6.61. The van der Waals surface area contributed by atoms with Crippen LogP contribution >= 0.6 is 11.6 Å². The molecule has 0 unspecified atom stereocenters. The van der Waals surface area contributed by atoms with Crippen LogP contribution in [0.5, 0.6) is 0 Å². The normalized spacial score (nSPS) is 20.8. The van der Waals surface area contributed by atoms with E-state index in [4.69, 9.17) is 11.6 Å². The molecule has 0 aromatic carbocycles. The lowest BCUT2D eigenvalue weighted by Crippen LogP contribution is -2.46. The smallest absolute Gasteiger partial charge is 0.257 e. The molecule has 34 heavy (non-hydrogen) atoms. The highest BCUT2D eigenvalue weighted by atomic mass is 35.5. The summed E-state index contributed by atoms with van der Waals surface area (Å²) in [6, 6.07) is 6.33. The summed E-state index contributed by atoms with van der Waals surface area (Å²) in [5, 5.41) is 11.6. The van der Waals surface area contributed by atoms with Crippen molar-refractivity contribution in [2.75, 3.05) is 43.4 Å². The summed E-state index contributed by atoms with van der Waals surface area (Å²) in [5.41, 5.74) is 1.27. The van der Waals surface area contributed by atoms with Crippen molar-refractivity contribution >= 4 is 40.2 Å². The highest BCUT2D eigenvalue weighted by Crippen LogP contribution is 2.27. The maximum atomic E-state index is 12.5. The number of rotatable bonds is 6. The van der Waals surface area contributed by atoms with Crippen molar-refractivity contribution in [2.24, 2.45) is 5.92 Å². The zero-order valence-electron chi connectivity index (χ0n) is 19.0. The molecule has 1 aliphatic heterocycles. The van der Waals surface area contributed by atoms with E-state index in [0.717, 1.165) is 75.1 Å². The van der Waals surface area contributed by atoms with Gasteiger partial charge in [-0.3, -0.25) is 4.79 Å². The number of halogens is 1. The largest absolute Gasteiger partial charge is 0.367 e. The first kappa shape index (κ1) is 22.7. The van der Waals surface area contributed by atoms with Crippen LogP contribution in [0.25, 0.3) is 10.9 Å². The minimum atomic E-state index is -0.00156. The van der Waals surface area contributed by atoms with E-state index in [1.807, 2.05) is 23.1 Å². The maximum absolute atomic E-state index is 12.5. The summed E-state index contributed by atoms with van der Waals surface area (Å²) in [4.78, 5) is 31.9. The zero-order chi connectivity index (χ0) is 23.3. The summed E-state index contributed by atoms with van der Waals surface area (Å²) in [6.07, 6.45) is 9.32. The van der Waals surface area contributed by atoms with Gasteiger partial charge in [-0.15, -0.1) is 0 Å². The number of hydrogen-bond donors (Lipinski definition) is 3. The SMILES string of the molecule is O=C(c1cnc(NCC2CCC(Nc3ccc4ccnc(Cl)c4n3)CC2)nc1)N1CCNCC1. The molecule has 1 saturated carbocycles. The zero-order valence-corrected chi connectivity index (χ0v) is 19.8. The average molecular weight is 481 g/mol. The van der Waals surface area contributed by atoms with E-state index in [1.165, 1.54) is 0 Å². The number of hydrogen-bond acceptors (Lipinski definition) is 8. The second kappa shape index (κ2) is 10.5. The Balaban J connectivity index is 1.08. The second-order valence-corrected chi connectivity index (χ2v) is 9.31. The van der Waals surface area contributed by atoms with E-state index in [1.54, 1.807) is 18.6 Å². The summed E-state index contributed by atoms with van der Waals surface area (Å²) in [6.45, 7) is 3.92. The topological polar surface area (TPSA) is 108 Å². The number of amides is 1. The Morgan fingerprint density at radius 3 is 2.59 bits per heavy atom. The van der Waals surface area contributed by atoms with E-state index >= 15 is 0 Å². The molecule has 1 saturated heterocycles. The Morgan fingerprint density at radius 1 is 1.06 bits per heavy atom. The van der Waals surface area contributed by atoms with Crippen molar-refractivity contribution in [2.45, 2.75) is 31.7 Å². The number of aromatic nitrogens is 4. The van der Waals surface area contributed by atoms with Crippen LogP contribution in [-0.4, -0.2) is 69.5 Å². The van der Waals surface area contributed by atoms with Gasteiger partial charge in [0.15, 0.2) is 5.15 Å². The predicted molar refractivity (Wildman–Crippen MR) is 133 cm³/mol. The fourth-order valence-corrected chi connectivity index (χ4v) is 4.84. The summed E-state index contributed by atoms with van der Waals surface area (Å²) in [7, 11) is 0. The summed E-state index contributed by atoms with van der Waals surface area (Å²) in [5.74, 6) is 1.97. The monoisotopic (exact) mass is 480 g/mol. The van der Waals surface area contributed by atoms with Crippen molar-refractivity contribution in [3.05, 3.63) is 47.5 Å². The lowest BCUT2D eigenvalue weighted by molar-refractivity contribution is 0.0735. The van der Waals surface area contributed by atoms with Crippen molar-refractivity contribution in [3.63, 3.8) is 0 Å². The van der Waals surface area contributed by atoms with Crippen LogP contribution in [0.1, 0.15) is 36.0 Å². The highest BCUT2D eigenvalue weighted by molar-refractivity contribution is 6.33. The lowest BCUT2D eigenvalue weighted by Gasteiger charge is -2.29. The molecule has 1 aliphatic carbocycles. The Labute approximate surface area is 203 Å². The van der Waals surface area contributed by atoms with Crippen molar-refractivity contribution < 1.29 is 4.79 Å². The molecule has 2 fully saturated rings. The van der Waals surface area contributed by atoms with Gasteiger partial charge in [0, 0.05) is 62.7 Å². The minimum absolute atomic E-state index is 0.00156. The first-order valence-corrected chi connectivity index (χ1v) is 12.3. The Hall–Kier alpha value is -3.04. The van der Waals surface area contributed by atoms with Crippen molar-refractivity contribution in [1.82, 2.24) is 30.2 Å². The number of piperazine rings is 1. The summed E-state index contributed by atoms with van der Waals surface area (Å²) >= 11 is 6.20. The van der Waals surface area contributed by atoms with Crippen LogP contribution in [0, 0.1) is 5.92 Å². The second-order valence-electron chi connectivity index (χ2n) is 8.95. The number of nitrogens with one attached hydrogen (secondary N) is 3. The number of pyridine rings is 2. The quantitative estimate of drug-likeness (QED) is 0.461. The van der Waals surface area contributed by atoms with Gasteiger partial charge in [0.2, 0.25) is 5.95 Å². The standard InChI is InChI=1S/C24H29ClN8O/c25-22-21-17(7-8-27-22)3-6-20(32-21)31-19-4-1-16(2-5-19)13-28-24-29-14-18(15-30-24)23(34)33-11-9-26-10-12-33/h3,6-8,14-16,19,26H,1-2,4-5,9-13H2,(H,31,32)(H,28,29,30). The molecular weight excluding hydrogens is 452 g/mol. The third kappa shape index (κ3) is 5.37. The lowest BCUT2D eigenvalue weighted by atomic mass is 9.86. The first-order valence-electron chi connectivity index (χ1n) is 11.9. The third-order valence-corrected chi connectivity index (χ3v) is 6.89. The molecular formula is C24H29ClN8O. The molecule has 0 atom stereocenters. The van der Waals surface area contributed by atoms with Gasteiger partial charge in [-0.05, 0) is 49.8 Å². The molecule has 178 valence electrons. The molecule has 3 aromatic heterocycles. The van der Waals surface area contributed by atoms with Crippen molar-refractivity contribution in [1.29, 1.82) is 0 Å². The average Bonchev–Trinajstić information content (AvgIpc) is 2.89. The molecule has 0 radical (unpaired) electrons. The molecule has 0 spiro atoms. The van der Waals surface area contributed by atoms with Crippen LogP contribution in [-0.2, 0) is 0 Å². The van der Waals surface area contributed by atoms with Gasteiger partial charge in [0.25, 0.3) is 5.91 Å². The molecule has 1 amide bonds. The molecule has 9 nitrogen and oxygen atoms in total. The number of fused-ring (bicyclic) bond motifs is 1. The Bertz CT molecular complexity index is 1130. The molecule has 4 heterocycles. The van der Waals surface area contributed by atoms with E-state index in [2.05, 4.69) is 35.9 Å². The summed E-state index contributed by atoms with van der Waals surface area (Å²) < 4.78 is 0. The van der Waals surface area contributed by atoms with Gasteiger partial charge in [-0.1, -0.05) is 11.6 Å². The maximum Gasteiger partial charge on any atom is 0.257 e. The van der Waals surface area contributed by atoms with Gasteiger partial charge >= 0.3 is 0 Å². The van der Waals surface area contributed by atoms with Gasteiger partial charge in [0.1, 0.15) is 11.3 Å². The number of anilines is 2. The van der Waals surface area contributed by atoms with Gasteiger partial charge < -0.3 is 20.9 Å². The van der Waals surface area contributed by atoms with E-state index in [0.29, 0.717) is 28.6 Å². The van der Waals surface area contributed by atoms with E-state index in [-0.39, 0.29) is 5.91 Å². The molecule has 3 aromatic rings. The number of nitrogens with zero attached hydrogens (tertiary/aromatic N) is 5. The minimum Gasteiger partial charge on any atom is -0.367 e. The van der Waals surface area contributed by atoms with Gasteiger partial charge in [-0.25, -0.2) is 19.9 Å². The molecule has 2 aliphatic rings. The fourth-order valence-electron chi connectivity index (χ4n) is 4.63. The van der Waals surface area contributed by atoms with E-state index in [9.17, 15) is 4.79 Å². The predicted octanol–water partition coefficient (Wildman–Crippen LogP) is 3.20. The van der Waals surface area contributed by atoms with Crippen LogP contribution in [0.2, 0.25) is 5.15 Å². The van der Waals surface area contributed by atoms with Crippen molar-refractivity contribution in [3.8, 4) is 0 Å². The highest BCUT2D eigenvalue weighted by Gasteiger charge is 2.22. The van der Waals surface area contributed by atoms with E-state index < -0.39 is 0 Å². The van der Waals surface area contributed by atoms with Crippen LogP contribution < -0.4 is 16.0 Å². The van der Waals surface area contributed by atoms with Crippen LogP contribution in [0.3, 0.4) is 0 Å². The first-order chi connectivity index (χ1) is 16.7. The van der Waals surface area contributed by atoms with Crippen LogP contribution in [0.15, 0.2) is 36.8 Å². The molecule has 5 rings (SSSR count). The number of carbonyl (C=O) groups is 1. The molecule has 3 N–H and O–H groups in total. The molecule has 0 bridgehead atoms. The molecule has 10 heteroatoms. The van der Waals surface area contributed by atoms with Gasteiger partial charge in [0.05, 0.1) is 5.56 Å². The van der Waals surface area contributed by atoms with Gasteiger partial charge in [-0.2, -0.15) is 0 Å². The number of carbonyl (C=O) groups excluding carboxylic acids is 1. The Morgan fingerprint density at radius 2 is 1.82 bits per heavy atom. The fraction of sp³-hybridized carbons (Fsp3) is 0.458.